The van der Waals surface area contributed by atoms with Gasteiger partial charge in [0.1, 0.15) is 0 Å². The van der Waals surface area contributed by atoms with Crippen molar-refractivity contribution in [3.63, 3.8) is 0 Å². The molecule has 2 aliphatic carbocycles. The lowest BCUT2D eigenvalue weighted by atomic mass is 9.88. The fourth-order valence-corrected chi connectivity index (χ4v) is 9.21. The number of rotatable bonds is 4. The van der Waals surface area contributed by atoms with Gasteiger partial charge in [-0.05, 0) is 113 Å². The Balaban J connectivity index is 1.15. The number of nitrogens with zero attached hydrogens (tertiary/aromatic N) is 2. The molecule has 2 heteroatoms. The van der Waals surface area contributed by atoms with Gasteiger partial charge in [-0.25, -0.2) is 9.97 Å². The maximum Gasteiger partial charge on any atom is 0.160 e. The summed E-state index contributed by atoms with van der Waals surface area (Å²) in [5.74, 6) is 0.724. The van der Waals surface area contributed by atoms with E-state index in [1.54, 1.807) is 0 Å². The molecule has 10 aromatic rings. The molecule has 0 spiro atoms. The molecule has 0 saturated heterocycles. The lowest BCUT2D eigenvalue weighted by Gasteiger charge is -2.16. The number of fused-ring (bicyclic) bond motifs is 7. The summed E-state index contributed by atoms with van der Waals surface area (Å²) in [6, 6.07) is 66.2. The quantitative estimate of drug-likeness (QED) is 0.185. The summed E-state index contributed by atoms with van der Waals surface area (Å²) in [5.41, 5.74) is 19.1. The number of aromatic nitrogens is 2. The molecular weight excluding hydrogens is 653 g/mol. The molecule has 54 heavy (non-hydrogen) atoms. The van der Waals surface area contributed by atoms with Crippen LogP contribution >= 0.6 is 0 Å². The minimum absolute atomic E-state index is 0.724. The van der Waals surface area contributed by atoms with Gasteiger partial charge in [-0.3, -0.25) is 0 Å². The first-order valence-electron chi connectivity index (χ1n) is 18.6. The smallest absolute Gasteiger partial charge is 0.160 e. The van der Waals surface area contributed by atoms with E-state index >= 15 is 0 Å². The van der Waals surface area contributed by atoms with E-state index in [4.69, 9.17) is 9.97 Å². The predicted molar refractivity (Wildman–Crippen MR) is 225 cm³/mol. The maximum absolute atomic E-state index is 5.36. The summed E-state index contributed by atoms with van der Waals surface area (Å²) in [5, 5.41) is 6.21. The van der Waals surface area contributed by atoms with Gasteiger partial charge in [-0.1, -0.05) is 158 Å². The van der Waals surface area contributed by atoms with E-state index in [0.717, 1.165) is 44.7 Å². The van der Waals surface area contributed by atoms with Gasteiger partial charge in [0.15, 0.2) is 5.82 Å². The second kappa shape index (κ2) is 11.2. The van der Waals surface area contributed by atoms with E-state index in [1.807, 2.05) is 18.2 Å². The Morgan fingerprint density at radius 3 is 1.26 bits per heavy atom. The highest BCUT2D eigenvalue weighted by molar-refractivity contribution is 6.20. The Hall–Kier alpha value is -7.16. The van der Waals surface area contributed by atoms with Gasteiger partial charge >= 0.3 is 0 Å². The van der Waals surface area contributed by atoms with Gasteiger partial charge in [0.05, 0.1) is 11.2 Å². The molecule has 0 saturated carbocycles. The van der Waals surface area contributed by atoms with Gasteiger partial charge in [-0.2, -0.15) is 0 Å². The van der Waals surface area contributed by atoms with Crippen molar-refractivity contribution in [1.82, 2.24) is 9.97 Å². The zero-order chi connectivity index (χ0) is 35.3. The van der Waals surface area contributed by atoms with Gasteiger partial charge in [-0.15, -0.1) is 0 Å². The molecule has 12 rings (SSSR count). The molecular formula is C52H30N2. The second-order valence-electron chi connectivity index (χ2n) is 14.4. The SMILES string of the molecule is c1ccc(-c2nc(-c3cc(-c4ccc5c6c(cccc46)-c4ccccc4-5)cc(-c4ccc5c6c(cccc46)-c4ccccc4-5)c3)c3ccccc3n2)cc1. The third kappa shape index (κ3) is 4.17. The predicted octanol–water partition coefficient (Wildman–Crippen LogP) is 13.9. The Kier molecular flexibility index (Phi) is 6.09. The highest BCUT2D eigenvalue weighted by atomic mass is 14.9. The van der Waals surface area contributed by atoms with Crippen LogP contribution in [0.3, 0.4) is 0 Å². The maximum atomic E-state index is 5.36. The fraction of sp³-hybridized carbons (Fsp3) is 0. The number of hydrogen-bond acceptors (Lipinski definition) is 2. The van der Waals surface area contributed by atoms with Crippen LogP contribution < -0.4 is 0 Å². The molecule has 1 aromatic heterocycles. The van der Waals surface area contributed by atoms with Gasteiger partial charge < -0.3 is 0 Å². The van der Waals surface area contributed by atoms with E-state index < -0.39 is 0 Å². The Labute approximate surface area is 312 Å². The molecule has 2 aliphatic rings. The zero-order valence-electron chi connectivity index (χ0n) is 29.2. The van der Waals surface area contributed by atoms with Crippen LogP contribution in [0.15, 0.2) is 182 Å². The van der Waals surface area contributed by atoms with Gasteiger partial charge in [0.2, 0.25) is 0 Å². The van der Waals surface area contributed by atoms with Crippen molar-refractivity contribution >= 4 is 32.4 Å². The molecule has 0 unspecified atom stereocenters. The molecule has 0 fully saturated rings. The van der Waals surface area contributed by atoms with Crippen molar-refractivity contribution in [3.05, 3.63) is 182 Å². The van der Waals surface area contributed by atoms with E-state index in [9.17, 15) is 0 Å². The molecule has 0 atom stereocenters. The molecule has 0 N–H and O–H groups in total. The molecule has 1 heterocycles. The molecule has 248 valence electrons. The van der Waals surface area contributed by atoms with Crippen molar-refractivity contribution < 1.29 is 0 Å². The van der Waals surface area contributed by atoms with Crippen LogP contribution in [0, 0.1) is 0 Å². The van der Waals surface area contributed by atoms with E-state index in [2.05, 4.69) is 164 Å². The van der Waals surface area contributed by atoms with Crippen LogP contribution in [0.5, 0.6) is 0 Å². The lowest BCUT2D eigenvalue weighted by Crippen LogP contribution is -1.96. The molecule has 0 bridgehead atoms. The van der Waals surface area contributed by atoms with Crippen molar-refractivity contribution in [1.29, 1.82) is 0 Å². The highest BCUT2D eigenvalue weighted by Gasteiger charge is 2.25. The normalized spacial score (nSPS) is 12.1. The second-order valence-corrected chi connectivity index (χ2v) is 14.4. The van der Waals surface area contributed by atoms with Gasteiger partial charge in [0.25, 0.3) is 0 Å². The summed E-state index contributed by atoms with van der Waals surface area (Å²) in [7, 11) is 0. The summed E-state index contributed by atoms with van der Waals surface area (Å²) >= 11 is 0. The number of hydrogen-bond donors (Lipinski definition) is 0. The van der Waals surface area contributed by atoms with Crippen molar-refractivity contribution in [2.24, 2.45) is 0 Å². The molecule has 0 radical (unpaired) electrons. The third-order valence-electron chi connectivity index (χ3n) is 11.6. The molecule has 0 amide bonds. The lowest BCUT2D eigenvalue weighted by molar-refractivity contribution is 1.23. The third-order valence-corrected chi connectivity index (χ3v) is 11.6. The van der Waals surface area contributed by atoms with Crippen LogP contribution in [-0.4, -0.2) is 9.97 Å². The number of benzene rings is 9. The molecule has 9 aromatic carbocycles. The van der Waals surface area contributed by atoms with E-state index in [0.29, 0.717) is 0 Å². The first-order valence-corrected chi connectivity index (χ1v) is 18.6. The van der Waals surface area contributed by atoms with Crippen LogP contribution in [0.4, 0.5) is 0 Å². The summed E-state index contributed by atoms with van der Waals surface area (Å²) in [6.07, 6.45) is 0. The fourth-order valence-electron chi connectivity index (χ4n) is 9.21. The highest BCUT2D eigenvalue weighted by Crippen LogP contribution is 2.52. The minimum atomic E-state index is 0.724. The van der Waals surface area contributed by atoms with Crippen LogP contribution in [0.25, 0.3) is 122 Å². The Bertz CT molecular complexity index is 3000. The van der Waals surface area contributed by atoms with Crippen molar-refractivity contribution in [3.8, 4) is 89.4 Å². The average Bonchev–Trinajstić information content (AvgIpc) is 3.75. The first-order chi connectivity index (χ1) is 26.8. The van der Waals surface area contributed by atoms with Crippen LogP contribution in [0.2, 0.25) is 0 Å². The van der Waals surface area contributed by atoms with Crippen molar-refractivity contribution in [2.75, 3.05) is 0 Å². The van der Waals surface area contributed by atoms with Gasteiger partial charge in [0, 0.05) is 16.5 Å². The largest absolute Gasteiger partial charge is 0.228 e. The Morgan fingerprint density at radius 1 is 0.259 bits per heavy atom. The zero-order valence-corrected chi connectivity index (χ0v) is 29.2. The van der Waals surface area contributed by atoms with E-state index in [1.165, 1.54) is 77.2 Å². The number of para-hydroxylation sites is 1. The average molecular weight is 683 g/mol. The monoisotopic (exact) mass is 682 g/mol. The topological polar surface area (TPSA) is 25.8 Å². The molecule has 0 aliphatic heterocycles. The van der Waals surface area contributed by atoms with E-state index in [-0.39, 0.29) is 0 Å². The minimum Gasteiger partial charge on any atom is -0.228 e. The Morgan fingerprint density at radius 2 is 0.685 bits per heavy atom. The van der Waals surface area contributed by atoms with Crippen LogP contribution in [-0.2, 0) is 0 Å². The summed E-state index contributed by atoms with van der Waals surface area (Å²) < 4.78 is 0. The summed E-state index contributed by atoms with van der Waals surface area (Å²) in [4.78, 5) is 10.4. The van der Waals surface area contributed by atoms with Crippen molar-refractivity contribution in [2.45, 2.75) is 0 Å². The van der Waals surface area contributed by atoms with Crippen LogP contribution in [0.1, 0.15) is 0 Å². The summed E-state index contributed by atoms with van der Waals surface area (Å²) in [6.45, 7) is 0. The standard InChI is InChI=1S/C52H30N2/c1-2-12-31(13-3-1)52-53-48-23-9-8-18-47(48)51(54-52)34-29-32(35-24-26-45-39-16-6-4-14-37(39)43-21-10-19-41(35)49(43)45)28-33(30-34)36-25-27-46-40-17-7-5-15-38(40)44-22-11-20-42(36)50(44)46/h1-30H. The first kappa shape index (κ1) is 29.4. The molecule has 2 nitrogen and oxygen atoms in total.